The molecule has 0 aliphatic rings. The topological polar surface area (TPSA) is 3.24 Å². The first-order valence-corrected chi connectivity index (χ1v) is 18.9. The van der Waals surface area contributed by atoms with E-state index < -0.39 is 0 Å². The van der Waals surface area contributed by atoms with Gasteiger partial charge in [0.15, 0.2) is 0 Å². The summed E-state index contributed by atoms with van der Waals surface area (Å²) in [5.41, 5.74) is 13.1. The van der Waals surface area contributed by atoms with E-state index in [9.17, 15) is 0 Å². The summed E-state index contributed by atoms with van der Waals surface area (Å²) in [7, 11) is 0. The minimum Gasteiger partial charge on any atom is -0.310 e. The fourth-order valence-corrected chi connectivity index (χ4v) is 8.08. The van der Waals surface area contributed by atoms with Gasteiger partial charge in [-0.15, -0.1) is 0 Å². The molecule has 1 heteroatoms. The van der Waals surface area contributed by atoms with E-state index in [1.54, 1.807) is 0 Å². The zero-order valence-corrected chi connectivity index (χ0v) is 30.3. The minimum absolute atomic E-state index is 1.11. The normalized spacial score (nSPS) is 11.3. The molecule has 0 N–H and O–H groups in total. The number of anilines is 3. The van der Waals surface area contributed by atoms with Gasteiger partial charge in [-0.05, 0) is 108 Å². The Morgan fingerprint density at radius 3 is 1.35 bits per heavy atom. The van der Waals surface area contributed by atoms with Crippen molar-refractivity contribution in [2.75, 3.05) is 4.90 Å². The Bertz CT molecular complexity index is 2940. The van der Waals surface area contributed by atoms with Crippen molar-refractivity contribution in [1.29, 1.82) is 0 Å². The molecule has 258 valence electrons. The van der Waals surface area contributed by atoms with Crippen molar-refractivity contribution in [1.82, 2.24) is 0 Å². The van der Waals surface area contributed by atoms with E-state index in [1.807, 2.05) is 0 Å². The van der Waals surface area contributed by atoms with Gasteiger partial charge in [0, 0.05) is 16.8 Å². The number of benzene rings is 10. The first-order valence-electron chi connectivity index (χ1n) is 18.9. The standard InChI is InChI=1S/C54H37N/c1-2-12-38(13-3-1)39-24-26-40(27-25-39)41-28-32-47(33-29-41)55(54-37-46-15-5-7-20-51(46)52-21-8-9-22-53(52)54)48-34-30-42(31-35-48)44-17-10-18-45(36-44)50-23-11-16-43-14-4-6-19-49(43)50/h1-37H. The van der Waals surface area contributed by atoms with E-state index in [2.05, 4.69) is 229 Å². The van der Waals surface area contributed by atoms with Gasteiger partial charge in [-0.1, -0.05) is 188 Å². The number of nitrogens with zero attached hydrogens (tertiary/aromatic N) is 1. The molecule has 1 nitrogen and oxygen atoms in total. The van der Waals surface area contributed by atoms with Gasteiger partial charge in [0.2, 0.25) is 0 Å². The predicted octanol–water partition coefficient (Wildman–Crippen LogP) is 15.3. The number of hydrogen-bond acceptors (Lipinski definition) is 1. The Morgan fingerprint density at radius 2 is 0.673 bits per heavy atom. The lowest BCUT2D eigenvalue weighted by molar-refractivity contribution is 1.30. The fourth-order valence-electron chi connectivity index (χ4n) is 8.08. The summed E-state index contributed by atoms with van der Waals surface area (Å²) in [5, 5.41) is 7.47. The van der Waals surface area contributed by atoms with Crippen molar-refractivity contribution < 1.29 is 0 Å². The molecular formula is C54H37N. The van der Waals surface area contributed by atoms with Crippen molar-refractivity contribution >= 4 is 49.4 Å². The van der Waals surface area contributed by atoms with Crippen LogP contribution in [-0.4, -0.2) is 0 Å². The van der Waals surface area contributed by atoms with Crippen molar-refractivity contribution in [2.24, 2.45) is 0 Å². The molecule has 10 aromatic rings. The average Bonchev–Trinajstić information content (AvgIpc) is 3.27. The van der Waals surface area contributed by atoms with Crippen LogP contribution in [0.25, 0.3) is 76.8 Å². The van der Waals surface area contributed by atoms with Crippen molar-refractivity contribution in [2.45, 2.75) is 0 Å². The summed E-state index contributed by atoms with van der Waals surface area (Å²) >= 11 is 0. The van der Waals surface area contributed by atoms with Crippen LogP contribution in [0.3, 0.4) is 0 Å². The maximum absolute atomic E-state index is 2.41. The highest BCUT2D eigenvalue weighted by atomic mass is 15.1. The Morgan fingerprint density at radius 1 is 0.236 bits per heavy atom. The molecule has 0 aliphatic carbocycles. The van der Waals surface area contributed by atoms with Crippen LogP contribution in [0.2, 0.25) is 0 Å². The highest BCUT2D eigenvalue weighted by Crippen LogP contribution is 2.43. The van der Waals surface area contributed by atoms with E-state index in [4.69, 9.17) is 0 Å². The van der Waals surface area contributed by atoms with Crippen LogP contribution in [0.5, 0.6) is 0 Å². The summed E-state index contributed by atoms with van der Waals surface area (Å²) < 4.78 is 0. The van der Waals surface area contributed by atoms with Crippen LogP contribution >= 0.6 is 0 Å². The van der Waals surface area contributed by atoms with Crippen LogP contribution in [0.4, 0.5) is 17.1 Å². The maximum atomic E-state index is 2.41. The highest BCUT2D eigenvalue weighted by Gasteiger charge is 2.18. The third-order valence-electron chi connectivity index (χ3n) is 10.9. The molecule has 0 amide bonds. The van der Waals surface area contributed by atoms with Gasteiger partial charge in [-0.3, -0.25) is 0 Å². The molecule has 0 radical (unpaired) electrons. The van der Waals surface area contributed by atoms with Crippen molar-refractivity contribution in [3.8, 4) is 44.5 Å². The second kappa shape index (κ2) is 14.0. The third kappa shape index (κ3) is 6.12. The van der Waals surface area contributed by atoms with E-state index in [-0.39, 0.29) is 0 Å². The lowest BCUT2D eigenvalue weighted by atomic mass is 9.95. The number of hydrogen-bond donors (Lipinski definition) is 0. The summed E-state index contributed by atoms with van der Waals surface area (Å²) in [6, 6.07) is 81.4. The first-order chi connectivity index (χ1) is 27.3. The molecule has 0 spiro atoms. The van der Waals surface area contributed by atoms with Crippen molar-refractivity contribution in [3.05, 3.63) is 224 Å². The van der Waals surface area contributed by atoms with Crippen LogP contribution in [0.15, 0.2) is 224 Å². The van der Waals surface area contributed by atoms with Crippen LogP contribution in [0, 0.1) is 0 Å². The maximum Gasteiger partial charge on any atom is 0.0546 e. The minimum atomic E-state index is 1.11. The Labute approximate surface area is 322 Å². The van der Waals surface area contributed by atoms with E-state index >= 15 is 0 Å². The predicted molar refractivity (Wildman–Crippen MR) is 235 cm³/mol. The molecule has 0 aliphatic heterocycles. The van der Waals surface area contributed by atoms with E-state index in [1.165, 1.54) is 76.8 Å². The number of rotatable bonds is 7. The Kier molecular flexibility index (Phi) is 8.24. The van der Waals surface area contributed by atoms with Crippen LogP contribution in [0.1, 0.15) is 0 Å². The van der Waals surface area contributed by atoms with Crippen LogP contribution in [-0.2, 0) is 0 Å². The first kappa shape index (κ1) is 32.4. The van der Waals surface area contributed by atoms with E-state index in [0.29, 0.717) is 0 Å². The zero-order valence-electron chi connectivity index (χ0n) is 30.3. The van der Waals surface area contributed by atoms with Crippen LogP contribution < -0.4 is 4.90 Å². The Hall–Kier alpha value is -7.22. The highest BCUT2D eigenvalue weighted by molar-refractivity contribution is 6.14. The zero-order chi connectivity index (χ0) is 36.6. The lowest BCUT2D eigenvalue weighted by Crippen LogP contribution is -2.10. The van der Waals surface area contributed by atoms with Gasteiger partial charge < -0.3 is 4.90 Å². The summed E-state index contributed by atoms with van der Waals surface area (Å²) in [6.45, 7) is 0. The SMILES string of the molecule is c1ccc(-c2ccc(-c3ccc(N(c4ccc(-c5cccc(-c6cccc7ccccc67)c5)cc4)c4cc5ccccc5c5ccccc45)cc3)cc2)cc1. The second-order valence-corrected chi connectivity index (χ2v) is 14.1. The molecule has 0 unspecified atom stereocenters. The molecule has 0 saturated heterocycles. The van der Waals surface area contributed by atoms with Gasteiger partial charge in [0.1, 0.15) is 0 Å². The number of fused-ring (bicyclic) bond motifs is 4. The monoisotopic (exact) mass is 699 g/mol. The van der Waals surface area contributed by atoms with E-state index in [0.717, 1.165) is 17.1 Å². The smallest absolute Gasteiger partial charge is 0.0546 e. The molecule has 0 atom stereocenters. The molecule has 0 bridgehead atoms. The molecule has 0 fully saturated rings. The molecule has 0 saturated carbocycles. The van der Waals surface area contributed by atoms with Gasteiger partial charge in [0.25, 0.3) is 0 Å². The van der Waals surface area contributed by atoms with Gasteiger partial charge in [0.05, 0.1) is 5.69 Å². The molecule has 10 rings (SSSR count). The van der Waals surface area contributed by atoms with Crippen molar-refractivity contribution in [3.63, 3.8) is 0 Å². The summed E-state index contributed by atoms with van der Waals surface area (Å²) in [4.78, 5) is 2.41. The van der Waals surface area contributed by atoms with Gasteiger partial charge >= 0.3 is 0 Å². The molecule has 0 heterocycles. The van der Waals surface area contributed by atoms with Gasteiger partial charge in [-0.2, -0.15) is 0 Å². The Balaban J connectivity index is 1.05. The van der Waals surface area contributed by atoms with Gasteiger partial charge in [-0.25, -0.2) is 0 Å². The average molecular weight is 700 g/mol. The lowest BCUT2D eigenvalue weighted by Gasteiger charge is -2.28. The second-order valence-electron chi connectivity index (χ2n) is 14.1. The fraction of sp³-hybridized carbons (Fsp3) is 0. The molecular weight excluding hydrogens is 663 g/mol. The molecule has 0 aromatic heterocycles. The summed E-state index contributed by atoms with van der Waals surface area (Å²) in [5.74, 6) is 0. The summed E-state index contributed by atoms with van der Waals surface area (Å²) in [6.07, 6.45) is 0. The molecule has 55 heavy (non-hydrogen) atoms. The quantitative estimate of drug-likeness (QED) is 0.150. The molecule has 10 aromatic carbocycles. The third-order valence-corrected chi connectivity index (χ3v) is 10.9. The largest absolute Gasteiger partial charge is 0.310 e.